The summed E-state index contributed by atoms with van der Waals surface area (Å²) < 4.78 is 1.61. The van der Waals surface area contributed by atoms with Gasteiger partial charge in [-0.3, -0.25) is 0 Å². The Balaban J connectivity index is 1.97. The Bertz CT molecular complexity index is 532. The number of halogens is 2. The summed E-state index contributed by atoms with van der Waals surface area (Å²) in [5, 5.41) is 9.63. The van der Waals surface area contributed by atoms with E-state index in [0.29, 0.717) is 11.0 Å². The fourth-order valence-corrected chi connectivity index (χ4v) is 2.61. The van der Waals surface area contributed by atoms with Gasteiger partial charge >= 0.3 is 0 Å². The van der Waals surface area contributed by atoms with Crippen molar-refractivity contribution >= 4 is 37.5 Å². The van der Waals surface area contributed by atoms with E-state index in [9.17, 15) is 5.11 Å². The molecule has 0 aliphatic heterocycles. The molecule has 0 aliphatic carbocycles. The van der Waals surface area contributed by atoms with Crippen LogP contribution in [-0.2, 0) is 6.54 Å². The second-order valence-corrected chi connectivity index (χ2v) is 5.45. The second kappa shape index (κ2) is 6.22. The monoisotopic (exact) mass is 370 g/mol. The first-order valence-electron chi connectivity index (χ1n) is 5.37. The van der Waals surface area contributed by atoms with E-state index < -0.39 is 0 Å². The van der Waals surface area contributed by atoms with E-state index >= 15 is 0 Å². The van der Waals surface area contributed by atoms with Gasteiger partial charge in [0.15, 0.2) is 0 Å². The highest BCUT2D eigenvalue weighted by atomic mass is 79.9. The van der Waals surface area contributed by atoms with Gasteiger partial charge in [0.05, 0.1) is 4.47 Å². The lowest BCUT2D eigenvalue weighted by Crippen LogP contribution is -2.20. The van der Waals surface area contributed by atoms with Crippen LogP contribution < -0.4 is 10.9 Å². The Morgan fingerprint density at radius 3 is 2.44 bits per heavy atom. The molecule has 0 saturated heterocycles. The van der Waals surface area contributed by atoms with Crippen molar-refractivity contribution in [1.82, 2.24) is 5.43 Å². The van der Waals surface area contributed by atoms with Gasteiger partial charge in [-0.1, -0.05) is 34.1 Å². The molecule has 2 aromatic carbocycles. The molecule has 0 aromatic heterocycles. The molecule has 0 spiro atoms. The molecule has 0 heterocycles. The summed E-state index contributed by atoms with van der Waals surface area (Å²) in [4.78, 5) is 0. The van der Waals surface area contributed by atoms with Gasteiger partial charge in [0.1, 0.15) is 5.75 Å². The number of para-hydroxylation sites is 1. The first-order chi connectivity index (χ1) is 8.66. The number of anilines is 1. The molecule has 0 atom stereocenters. The molecule has 2 rings (SSSR count). The Morgan fingerprint density at radius 1 is 1.00 bits per heavy atom. The summed E-state index contributed by atoms with van der Waals surface area (Å²) in [7, 11) is 0. The number of hydrogen-bond acceptors (Lipinski definition) is 3. The second-order valence-electron chi connectivity index (χ2n) is 3.74. The lowest BCUT2D eigenvalue weighted by atomic mass is 10.2. The Morgan fingerprint density at radius 2 is 1.72 bits per heavy atom. The normalized spacial score (nSPS) is 10.3. The molecule has 0 bridgehead atoms. The molecule has 0 aliphatic rings. The van der Waals surface area contributed by atoms with E-state index in [1.165, 1.54) is 0 Å². The predicted molar refractivity (Wildman–Crippen MR) is 80.4 cm³/mol. The van der Waals surface area contributed by atoms with Crippen molar-refractivity contribution in [3.05, 3.63) is 57.0 Å². The average molecular weight is 372 g/mol. The van der Waals surface area contributed by atoms with Crippen molar-refractivity contribution < 1.29 is 5.11 Å². The smallest absolute Gasteiger partial charge is 0.130 e. The molecule has 2 aromatic rings. The van der Waals surface area contributed by atoms with Gasteiger partial charge in [-0.15, -0.1) is 0 Å². The number of rotatable bonds is 4. The molecular weight excluding hydrogens is 360 g/mol. The molecule has 18 heavy (non-hydrogen) atoms. The summed E-state index contributed by atoms with van der Waals surface area (Å²) in [5.74, 6) is 0.231. The number of benzene rings is 2. The first-order valence-corrected chi connectivity index (χ1v) is 6.96. The third-order valence-electron chi connectivity index (χ3n) is 2.40. The van der Waals surface area contributed by atoms with Gasteiger partial charge in [-0.2, -0.15) is 0 Å². The Hall–Kier alpha value is -1.04. The highest BCUT2D eigenvalue weighted by Crippen LogP contribution is 2.30. The predicted octanol–water partition coefficient (Wildman–Crippen LogP) is 4.03. The van der Waals surface area contributed by atoms with Crippen molar-refractivity contribution in [3.8, 4) is 5.75 Å². The zero-order valence-electron chi connectivity index (χ0n) is 9.45. The van der Waals surface area contributed by atoms with E-state index in [0.717, 1.165) is 15.7 Å². The molecule has 3 nitrogen and oxygen atoms in total. The Kier molecular flexibility index (Phi) is 4.63. The zero-order chi connectivity index (χ0) is 13.0. The maximum atomic E-state index is 9.63. The average Bonchev–Trinajstić information content (AvgIpc) is 2.37. The van der Waals surface area contributed by atoms with Gasteiger partial charge in [0.25, 0.3) is 0 Å². The SMILES string of the molecule is Oc1cc(CNNc2ccccc2)c(Br)cc1Br. The van der Waals surface area contributed by atoms with Gasteiger partial charge in [-0.25, -0.2) is 5.43 Å². The minimum Gasteiger partial charge on any atom is -0.507 e. The van der Waals surface area contributed by atoms with Crippen LogP contribution >= 0.6 is 31.9 Å². The molecular formula is C13H12Br2N2O. The van der Waals surface area contributed by atoms with Crippen LogP contribution in [-0.4, -0.2) is 5.11 Å². The number of phenolic OH excluding ortho intramolecular Hbond substituents is 1. The van der Waals surface area contributed by atoms with Crippen molar-refractivity contribution in [2.45, 2.75) is 6.54 Å². The van der Waals surface area contributed by atoms with Crippen LogP contribution in [0.2, 0.25) is 0 Å². The van der Waals surface area contributed by atoms with Crippen molar-refractivity contribution in [1.29, 1.82) is 0 Å². The molecule has 0 fully saturated rings. The molecule has 94 valence electrons. The summed E-state index contributed by atoms with van der Waals surface area (Å²) in [6.07, 6.45) is 0. The lowest BCUT2D eigenvalue weighted by molar-refractivity contribution is 0.470. The van der Waals surface area contributed by atoms with Crippen LogP contribution in [0.3, 0.4) is 0 Å². The third-order valence-corrected chi connectivity index (χ3v) is 3.77. The quantitative estimate of drug-likeness (QED) is 0.711. The number of hydrazine groups is 1. The van der Waals surface area contributed by atoms with E-state index in [-0.39, 0.29) is 5.75 Å². The van der Waals surface area contributed by atoms with Crippen molar-refractivity contribution in [2.75, 3.05) is 5.43 Å². The van der Waals surface area contributed by atoms with Crippen molar-refractivity contribution in [3.63, 3.8) is 0 Å². The molecule has 3 N–H and O–H groups in total. The summed E-state index contributed by atoms with van der Waals surface area (Å²) in [6.45, 7) is 0.594. The highest BCUT2D eigenvalue weighted by Gasteiger charge is 2.05. The van der Waals surface area contributed by atoms with Crippen LogP contribution in [0.25, 0.3) is 0 Å². The first kappa shape index (κ1) is 13.4. The zero-order valence-corrected chi connectivity index (χ0v) is 12.6. The van der Waals surface area contributed by atoms with E-state index in [4.69, 9.17) is 0 Å². The number of hydrogen-bond donors (Lipinski definition) is 3. The summed E-state index contributed by atoms with van der Waals surface area (Å²) in [5.41, 5.74) is 8.16. The number of nitrogens with one attached hydrogen (secondary N) is 2. The summed E-state index contributed by atoms with van der Waals surface area (Å²) in [6, 6.07) is 13.4. The van der Waals surface area contributed by atoms with E-state index in [2.05, 4.69) is 42.7 Å². The van der Waals surface area contributed by atoms with Gasteiger partial charge in [0.2, 0.25) is 0 Å². The van der Waals surface area contributed by atoms with Crippen LogP contribution in [0.5, 0.6) is 5.75 Å². The Labute approximate surface area is 122 Å². The van der Waals surface area contributed by atoms with E-state index in [1.807, 2.05) is 36.4 Å². The molecule has 0 unspecified atom stereocenters. The fourth-order valence-electron chi connectivity index (χ4n) is 1.48. The van der Waals surface area contributed by atoms with Gasteiger partial charge in [0, 0.05) is 16.7 Å². The third kappa shape index (κ3) is 3.48. The molecule has 5 heteroatoms. The molecule has 0 amide bonds. The minimum atomic E-state index is 0.231. The van der Waals surface area contributed by atoms with Crippen molar-refractivity contribution in [2.24, 2.45) is 0 Å². The standard InChI is InChI=1S/C13H12Br2N2O/c14-11-7-12(15)13(18)6-9(11)8-16-17-10-4-2-1-3-5-10/h1-7,16-18H,8H2. The van der Waals surface area contributed by atoms with E-state index in [1.54, 1.807) is 6.07 Å². The topological polar surface area (TPSA) is 44.3 Å². The largest absolute Gasteiger partial charge is 0.507 e. The molecule has 0 saturated carbocycles. The number of phenols is 1. The molecule has 0 radical (unpaired) electrons. The maximum Gasteiger partial charge on any atom is 0.130 e. The lowest BCUT2D eigenvalue weighted by Gasteiger charge is -2.10. The minimum absolute atomic E-state index is 0.231. The summed E-state index contributed by atoms with van der Waals surface area (Å²) >= 11 is 6.73. The maximum absolute atomic E-state index is 9.63. The number of aromatic hydroxyl groups is 1. The van der Waals surface area contributed by atoms with Crippen LogP contribution in [0, 0.1) is 0 Å². The van der Waals surface area contributed by atoms with Crippen LogP contribution in [0.15, 0.2) is 51.4 Å². The van der Waals surface area contributed by atoms with Gasteiger partial charge < -0.3 is 10.5 Å². The highest BCUT2D eigenvalue weighted by molar-refractivity contribution is 9.11. The van der Waals surface area contributed by atoms with Gasteiger partial charge in [-0.05, 0) is 45.8 Å². The van der Waals surface area contributed by atoms with Crippen LogP contribution in [0.4, 0.5) is 5.69 Å². The van der Waals surface area contributed by atoms with Crippen LogP contribution in [0.1, 0.15) is 5.56 Å². The fraction of sp³-hybridized carbons (Fsp3) is 0.0769.